The fourth-order valence-corrected chi connectivity index (χ4v) is 1.26. The molecule has 0 atom stereocenters. The van der Waals surface area contributed by atoms with Crippen LogP contribution in [-0.2, 0) is 0 Å². The number of nitrogens with one attached hydrogen (secondary N) is 1. The summed E-state index contributed by atoms with van der Waals surface area (Å²) in [6.45, 7) is 0. The molecule has 0 aliphatic heterocycles. The highest BCUT2D eigenvalue weighted by Crippen LogP contribution is 2.10. The molecule has 8 nitrogen and oxygen atoms in total. The first-order valence-electron chi connectivity index (χ1n) is 4.52. The Labute approximate surface area is 89.0 Å². The molecule has 2 heterocycles. The van der Waals surface area contributed by atoms with Crippen molar-refractivity contribution >= 4 is 17.0 Å². The summed E-state index contributed by atoms with van der Waals surface area (Å²) in [7, 11) is 0. The second-order valence-electron chi connectivity index (χ2n) is 2.96. The second kappa shape index (κ2) is 3.50. The largest absolute Gasteiger partial charge is 0.288 e. The molecule has 0 saturated heterocycles. The van der Waals surface area contributed by atoms with Gasteiger partial charge in [-0.2, -0.15) is 4.98 Å². The molecule has 8 heteroatoms. The van der Waals surface area contributed by atoms with E-state index >= 15 is 0 Å². The van der Waals surface area contributed by atoms with E-state index in [1.165, 1.54) is 11.1 Å². The number of benzene rings is 1. The van der Waals surface area contributed by atoms with E-state index in [9.17, 15) is 0 Å². The maximum absolute atomic E-state index is 3.93. The Balaban J connectivity index is 2.01. The fraction of sp³-hybridized carbons (Fsp3) is 0. The summed E-state index contributed by atoms with van der Waals surface area (Å²) in [5.41, 5.74) is 1.54. The third-order valence-corrected chi connectivity index (χ3v) is 1.96. The molecule has 0 bridgehead atoms. The van der Waals surface area contributed by atoms with Crippen molar-refractivity contribution in [2.45, 2.75) is 0 Å². The monoisotopic (exact) mass is 214 g/mol. The van der Waals surface area contributed by atoms with Gasteiger partial charge in [-0.05, 0) is 22.6 Å². The van der Waals surface area contributed by atoms with E-state index in [1.54, 1.807) is 0 Å². The smallest absolute Gasteiger partial charge is 0.264 e. The van der Waals surface area contributed by atoms with Crippen LogP contribution in [0.25, 0.3) is 11.0 Å². The second-order valence-corrected chi connectivity index (χ2v) is 2.96. The summed E-state index contributed by atoms with van der Waals surface area (Å²) in [5, 5.41) is 21.7. The van der Waals surface area contributed by atoms with Gasteiger partial charge < -0.3 is 0 Å². The first-order chi connectivity index (χ1) is 7.93. The van der Waals surface area contributed by atoms with Crippen LogP contribution in [-0.4, -0.2) is 30.3 Å². The molecular formula is C8H6N8. The van der Waals surface area contributed by atoms with Crippen LogP contribution in [0, 0.1) is 0 Å². The zero-order valence-electron chi connectivity index (χ0n) is 8.02. The topological polar surface area (TPSA) is 97.0 Å². The zero-order chi connectivity index (χ0) is 10.8. The van der Waals surface area contributed by atoms with Crippen molar-refractivity contribution in [3.63, 3.8) is 0 Å². The van der Waals surface area contributed by atoms with Crippen LogP contribution in [0.3, 0.4) is 0 Å². The molecule has 0 fully saturated rings. The van der Waals surface area contributed by atoms with Crippen molar-refractivity contribution in [2.75, 3.05) is 0 Å². The maximum Gasteiger partial charge on any atom is 0.288 e. The van der Waals surface area contributed by atoms with Gasteiger partial charge in [-0.3, -0.25) is 5.10 Å². The van der Waals surface area contributed by atoms with Gasteiger partial charge in [0, 0.05) is 0 Å². The van der Waals surface area contributed by atoms with E-state index in [0.717, 1.165) is 11.0 Å². The first kappa shape index (κ1) is 8.65. The Hall–Kier alpha value is -2.64. The van der Waals surface area contributed by atoms with Crippen molar-refractivity contribution in [3.8, 4) is 0 Å². The predicted octanol–water partition coefficient (Wildman–Crippen LogP) is 1.10. The van der Waals surface area contributed by atoms with Gasteiger partial charge in [-0.15, -0.1) is 15.0 Å². The minimum atomic E-state index is 0.250. The lowest BCUT2D eigenvalue weighted by molar-refractivity contribution is 0.670. The van der Waals surface area contributed by atoms with Crippen LogP contribution in [0.5, 0.6) is 0 Å². The van der Waals surface area contributed by atoms with Crippen LogP contribution in [0.1, 0.15) is 0 Å². The van der Waals surface area contributed by atoms with Gasteiger partial charge >= 0.3 is 0 Å². The first-order valence-corrected chi connectivity index (χ1v) is 4.52. The highest BCUT2D eigenvalue weighted by Gasteiger charge is 2.01. The fourth-order valence-electron chi connectivity index (χ4n) is 1.26. The average Bonchev–Trinajstić information content (AvgIpc) is 2.96. The molecule has 0 aliphatic rings. The average molecular weight is 214 g/mol. The number of para-hydroxylation sites is 1. The molecular weight excluding hydrogens is 208 g/mol. The van der Waals surface area contributed by atoms with Crippen LogP contribution in [0.15, 0.2) is 40.9 Å². The van der Waals surface area contributed by atoms with Gasteiger partial charge in [0.15, 0.2) is 0 Å². The summed E-state index contributed by atoms with van der Waals surface area (Å²) in [4.78, 5) is 5.13. The van der Waals surface area contributed by atoms with Gasteiger partial charge in [-0.1, -0.05) is 17.2 Å². The molecule has 3 rings (SSSR count). The van der Waals surface area contributed by atoms with Gasteiger partial charge in [0.05, 0.1) is 0 Å². The molecule has 0 aliphatic carbocycles. The predicted molar refractivity (Wildman–Crippen MR) is 53.8 cm³/mol. The minimum Gasteiger partial charge on any atom is -0.264 e. The van der Waals surface area contributed by atoms with E-state index in [1.807, 2.05) is 24.3 Å². The Morgan fingerprint density at radius 1 is 1.25 bits per heavy atom. The Morgan fingerprint density at radius 3 is 3.06 bits per heavy atom. The molecule has 0 amide bonds. The number of rotatable bonds is 2. The molecule has 0 spiro atoms. The number of H-pyrrole nitrogens is 1. The van der Waals surface area contributed by atoms with E-state index < -0.39 is 0 Å². The molecule has 1 N–H and O–H groups in total. The number of aromatic nitrogens is 6. The molecule has 3 aromatic rings. The minimum absolute atomic E-state index is 0.250. The standard InChI is InChI=1S/C8H6N8/c1-2-4-7-6(3-1)11-14-16(7)15-13-8-9-5-10-12-8/h1-5H,(H,9,10,12)/b15-13+. The number of nitrogens with zero attached hydrogens (tertiary/aromatic N) is 7. The molecule has 0 saturated carbocycles. The highest BCUT2D eigenvalue weighted by atomic mass is 15.6. The maximum atomic E-state index is 3.93. The number of aromatic amines is 1. The van der Waals surface area contributed by atoms with Crippen LogP contribution >= 0.6 is 0 Å². The lowest BCUT2D eigenvalue weighted by Gasteiger charge is -1.88. The third kappa shape index (κ3) is 1.41. The summed E-state index contributed by atoms with van der Waals surface area (Å²) >= 11 is 0. The summed E-state index contributed by atoms with van der Waals surface area (Å²) in [6, 6.07) is 7.46. The number of fused-ring (bicyclic) bond motifs is 1. The normalized spacial score (nSPS) is 11.5. The Morgan fingerprint density at radius 2 is 2.19 bits per heavy atom. The number of hydrogen-bond donors (Lipinski definition) is 1. The summed E-state index contributed by atoms with van der Waals surface area (Å²) in [5.74, 6) is 0.250. The lowest BCUT2D eigenvalue weighted by atomic mass is 10.3. The van der Waals surface area contributed by atoms with Crippen molar-refractivity contribution in [2.24, 2.45) is 10.3 Å². The third-order valence-electron chi connectivity index (χ3n) is 1.96. The quantitative estimate of drug-likeness (QED) is 0.645. The van der Waals surface area contributed by atoms with Crippen molar-refractivity contribution < 1.29 is 0 Å². The van der Waals surface area contributed by atoms with Gasteiger partial charge in [0.2, 0.25) is 0 Å². The van der Waals surface area contributed by atoms with Gasteiger partial charge in [0.25, 0.3) is 5.95 Å². The summed E-state index contributed by atoms with van der Waals surface area (Å²) in [6.07, 6.45) is 1.42. The molecule has 16 heavy (non-hydrogen) atoms. The van der Waals surface area contributed by atoms with Crippen molar-refractivity contribution in [1.82, 2.24) is 30.3 Å². The van der Waals surface area contributed by atoms with Gasteiger partial charge in [0.1, 0.15) is 17.4 Å². The Kier molecular flexibility index (Phi) is 1.89. The van der Waals surface area contributed by atoms with Crippen molar-refractivity contribution in [1.29, 1.82) is 0 Å². The van der Waals surface area contributed by atoms with E-state index in [-0.39, 0.29) is 5.95 Å². The van der Waals surface area contributed by atoms with Crippen LogP contribution in [0.2, 0.25) is 0 Å². The number of hydrogen-bond acceptors (Lipinski definition) is 6. The molecule has 0 radical (unpaired) electrons. The molecule has 2 aromatic heterocycles. The van der Waals surface area contributed by atoms with Crippen molar-refractivity contribution in [3.05, 3.63) is 30.6 Å². The Bertz CT molecular complexity index is 622. The van der Waals surface area contributed by atoms with Gasteiger partial charge in [-0.25, -0.2) is 0 Å². The molecule has 78 valence electrons. The molecule has 1 aromatic carbocycles. The summed E-state index contributed by atoms with van der Waals surface area (Å²) < 4.78 is 0. The van der Waals surface area contributed by atoms with Crippen LogP contribution in [0.4, 0.5) is 5.95 Å². The van der Waals surface area contributed by atoms with E-state index in [0.29, 0.717) is 0 Å². The van der Waals surface area contributed by atoms with E-state index in [4.69, 9.17) is 0 Å². The zero-order valence-corrected chi connectivity index (χ0v) is 8.02. The van der Waals surface area contributed by atoms with E-state index in [2.05, 4.69) is 35.8 Å². The highest BCUT2D eigenvalue weighted by molar-refractivity contribution is 5.73. The SMILES string of the molecule is c1ccc2c(c1)nnn2/N=N/c1nc[nH]n1. The lowest BCUT2D eigenvalue weighted by Crippen LogP contribution is -1.89. The molecule has 0 unspecified atom stereocenters. The van der Waals surface area contributed by atoms with Crippen LogP contribution < -0.4 is 0 Å².